The fourth-order valence-corrected chi connectivity index (χ4v) is 1.34. The van der Waals surface area contributed by atoms with Crippen molar-refractivity contribution in [2.45, 2.75) is 6.42 Å². The maximum Gasteiger partial charge on any atom is 0.243 e. The Kier molecular flexibility index (Phi) is 4.54. The molecule has 0 atom stereocenters. The lowest BCUT2D eigenvalue weighted by molar-refractivity contribution is -0.126. The molecule has 0 heterocycles. The van der Waals surface area contributed by atoms with Crippen LogP contribution >= 0.6 is 23.2 Å². The van der Waals surface area contributed by atoms with E-state index in [1.807, 2.05) is 5.43 Å². The Morgan fingerprint density at radius 2 is 1.94 bits per heavy atom. The van der Waals surface area contributed by atoms with Crippen molar-refractivity contribution < 1.29 is 9.59 Å². The Bertz CT molecular complexity index is 423. The zero-order valence-electron chi connectivity index (χ0n) is 8.09. The number of hydrogen-bond donors (Lipinski definition) is 3. The molecule has 16 heavy (non-hydrogen) atoms. The average molecular weight is 262 g/mol. The summed E-state index contributed by atoms with van der Waals surface area (Å²) in [5.74, 6) is 3.73. The molecule has 0 saturated carbocycles. The largest absolute Gasteiger partial charge is 0.324 e. The number of nitrogens with one attached hydrogen (secondary N) is 2. The number of rotatable bonds is 3. The molecule has 0 aliphatic rings. The summed E-state index contributed by atoms with van der Waals surface area (Å²) in [5, 5.41) is 2.99. The molecular weight excluding hydrogens is 253 g/mol. The number of carbonyl (C=O) groups excluding carboxylic acids is 2. The summed E-state index contributed by atoms with van der Waals surface area (Å²) >= 11 is 11.6. The highest BCUT2D eigenvalue weighted by Crippen LogP contribution is 2.29. The molecule has 0 spiro atoms. The van der Waals surface area contributed by atoms with Crippen molar-refractivity contribution in [1.29, 1.82) is 0 Å². The lowest BCUT2D eigenvalue weighted by Crippen LogP contribution is -2.33. The summed E-state index contributed by atoms with van der Waals surface area (Å²) in [6, 6.07) is 4.80. The van der Waals surface area contributed by atoms with Gasteiger partial charge in [0, 0.05) is 0 Å². The van der Waals surface area contributed by atoms with E-state index in [0.29, 0.717) is 10.7 Å². The number of hydrogen-bond acceptors (Lipinski definition) is 3. The van der Waals surface area contributed by atoms with Gasteiger partial charge in [-0.25, -0.2) is 5.84 Å². The number of anilines is 1. The minimum atomic E-state index is -0.587. The van der Waals surface area contributed by atoms with Crippen LogP contribution in [-0.4, -0.2) is 11.8 Å². The van der Waals surface area contributed by atoms with Gasteiger partial charge in [-0.3, -0.25) is 15.0 Å². The van der Waals surface area contributed by atoms with Crippen LogP contribution in [0.4, 0.5) is 5.69 Å². The highest BCUT2D eigenvalue weighted by molar-refractivity contribution is 6.44. The van der Waals surface area contributed by atoms with Gasteiger partial charge in [-0.15, -0.1) is 0 Å². The highest BCUT2D eigenvalue weighted by Gasteiger charge is 2.11. The molecule has 0 aromatic heterocycles. The summed E-state index contributed by atoms with van der Waals surface area (Å²) in [4.78, 5) is 22.1. The second-order valence-corrected chi connectivity index (χ2v) is 3.68. The van der Waals surface area contributed by atoms with Crippen molar-refractivity contribution in [2.24, 2.45) is 5.84 Å². The fraction of sp³-hybridized carbons (Fsp3) is 0.111. The smallest absolute Gasteiger partial charge is 0.243 e. The van der Waals surface area contributed by atoms with E-state index in [9.17, 15) is 9.59 Å². The quantitative estimate of drug-likeness (QED) is 0.332. The van der Waals surface area contributed by atoms with Crippen molar-refractivity contribution in [3.8, 4) is 0 Å². The Morgan fingerprint density at radius 1 is 1.25 bits per heavy atom. The van der Waals surface area contributed by atoms with Crippen LogP contribution in [0.25, 0.3) is 0 Å². The number of nitrogens with two attached hydrogens (primary N) is 1. The van der Waals surface area contributed by atoms with Crippen molar-refractivity contribution in [3.63, 3.8) is 0 Å². The van der Waals surface area contributed by atoms with Gasteiger partial charge in [-0.2, -0.15) is 0 Å². The van der Waals surface area contributed by atoms with Crippen LogP contribution in [0, 0.1) is 0 Å². The molecular formula is C9H9Cl2N3O2. The zero-order valence-corrected chi connectivity index (χ0v) is 9.60. The molecule has 0 saturated heterocycles. The molecule has 86 valence electrons. The summed E-state index contributed by atoms with van der Waals surface area (Å²) in [6.45, 7) is 0. The zero-order chi connectivity index (χ0) is 12.1. The molecule has 0 unspecified atom stereocenters. The van der Waals surface area contributed by atoms with Crippen LogP contribution in [0.5, 0.6) is 0 Å². The molecule has 0 aliphatic carbocycles. The van der Waals surface area contributed by atoms with Crippen LogP contribution < -0.4 is 16.6 Å². The average Bonchev–Trinajstić information content (AvgIpc) is 2.24. The summed E-state index contributed by atoms with van der Waals surface area (Å²) < 4.78 is 0. The molecule has 5 nitrogen and oxygen atoms in total. The van der Waals surface area contributed by atoms with Crippen LogP contribution in [0.2, 0.25) is 10.0 Å². The Morgan fingerprint density at radius 3 is 2.56 bits per heavy atom. The lowest BCUT2D eigenvalue weighted by atomic mass is 10.3. The van der Waals surface area contributed by atoms with Gasteiger partial charge >= 0.3 is 0 Å². The standard InChI is InChI=1S/C9H9Cl2N3O2/c10-5-2-1-3-6(9(5)11)13-7(15)4-8(16)14-12/h1-3H,4,12H2,(H,13,15)(H,14,16). The second kappa shape index (κ2) is 5.69. The number of hydrazine groups is 1. The van der Waals surface area contributed by atoms with Crippen LogP contribution in [-0.2, 0) is 9.59 Å². The molecule has 7 heteroatoms. The molecule has 1 aromatic carbocycles. The van der Waals surface area contributed by atoms with Gasteiger partial charge in [-0.05, 0) is 12.1 Å². The SMILES string of the molecule is NNC(=O)CC(=O)Nc1cccc(Cl)c1Cl. The predicted octanol–water partition coefficient (Wildman–Crippen LogP) is 1.31. The first-order valence-corrected chi connectivity index (χ1v) is 5.03. The fourth-order valence-electron chi connectivity index (χ4n) is 0.992. The third kappa shape index (κ3) is 3.37. The number of benzene rings is 1. The molecule has 0 radical (unpaired) electrons. The van der Waals surface area contributed by atoms with Gasteiger partial charge < -0.3 is 5.32 Å². The van der Waals surface area contributed by atoms with E-state index in [-0.39, 0.29) is 11.4 Å². The molecule has 2 amide bonds. The van der Waals surface area contributed by atoms with E-state index in [2.05, 4.69) is 5.32 Å². The van der Waals surface area contributed by atoms with Crippen molar-refractivity contribution >= 4 is 40.7 Å². The molecule has 4 N–H and O–H groups in total. The highest BCUT2D eigenvalue weighted by atomic mass is 35.5. The van der Waals surface area contributed by atoms with Crippen molar-refractivity contribution in [1.82, 2.24) is 5.43 Å². The minimum Gasteiger partial charge on any atom is -0.324 e. The number of amides is 2. The maximum atomic E-state index is 11.3. The van der Waals surface area contributed by atoms with E-state index in [1.165, 1.54) is 0 Å². The van der Waals surface area contributed by atoms with Crippen LogP contribution in [0.1, 0.15) is 6.42 Å². The van der Waals surface area contributed by atoms with Gasteiger partial charge in [0.1, 0.15) is 6.42 Å². The van der Waals surface area contributed by atoms with Gasteiger partial charge in [0.05, 0.1) is 15.7 Å². The van der Waals surface area contributed by atoms with E-state index >= 15 is 0 Å². The maximum absolute atomic E-state index is 11.3. The van der Waals surface area contributed by atoms with E-state index in [1.54, 1.807) is 18.2 Å². The minimum absolute atomic E-state index is 0.227. The first-order valence-electron chi connectivity index (χ1n) is 4.28. The third-order valence-corrected chi connectivity index (χ3v) is 2.53. The Balaban J connectivity index is 2.70. The first kappa shape index (κ1) is 12.8. The molecule has 1 aromatic rings. The first-order chi connectivity index (χ1) is 7.54. The normalized spacial score (nSPS) is 9.69. The molecule has 0 bridgehead atoms. The Labute approximate surface area is 102 Å². The van der Waals surface area contributed by atoms with E-state index in [4.69, 9.17) is 29.0 Å². The van der Waals surface area contributed by atoms with E-state index in [0.717, 1.165) is 0 Å². The third-order valence-electron chi connectivity index (χ3n) is 1.71. The molecule has 0 fully saturated rings. The molecule has 1 rings (SSSR count). The number of carbonyl (C=O) groups is 2. The second-order valence-electron chi connectivity index (χ2n) is 2.89. The topological polar surface area (TPSA) is 84.2 Å². The molecule has 0 aliphatic heterocycles. The monoisotopic (exact) mass is 261 g/mol. The Hall–Kier alpha value is -1.30. The van der Waals surface area contributed by atoms with Gasteiger partial charge in [0.2, 0.25) is 11.8 Å². The summed E-state index contributed by atoms with van der Waals surface area (Å²) in [7, 11) is 0. The summed E-state index contributed by atoms with van der Waals surface area (Å²) in [5.41, 5.74) is 2.20. The van der Waals surface area contributed by atoms with Gasteiger partial charge in [0.25, 0.3) is 0 Å². The number of halogens is 2. The van der Waals surface area contributed by atoms with Gasteiger partial charge in [0.15, 0.2) is 0 Å². The lowest BCUT2D eigenvalue weighted by Gasteiger charge is -2.07. The van der Waals surface area contributed by atoms with Crippen molar-refractivity contribution in [3.05, 3.63) is 28.2 Å². The van der Waals surface area contributed by atoms with Crippen molar-refractivity contribution in [2.75, 3.05) is 5.32 Å². The summed E-state index contributed by atoms with van der Waals surface area (Å²) in [6.07, 6.45) is -0.376. The van der Waals surface area contributed by atoms with Gasteiger partial charge in [-0.1, -0.05) is 29.3 Å². The van der Waals surface area contributed by atoms with Crippen LogP contribution in [0.3, 0.4) is 0 Å². The predicted molar refractivity (Wildman–Crippen MR) is 62.0 cm³/mol. The van der Waals surface area contributed by atoms with E-state index < -0.39 is 11.8 Å². The van der Waals surface area contributed by atoms with Crippen LogP contribution in [0.15, 0.2) is 18.2 Å².